The van der Waals surface area contributed by atoms with Crippen LogP contribution in [0.5, 0.6) is 0 Å². The largest absolute Gasteiger partial charge is 0.327 e. The van der Waals surface area contributed by atoms with Crippen LogP contribution in [-0.4, -0.2) is 11.0 Å². The van der Waals surface area contributed by atoms with Gasteiger partial charge >= 0.3 is 0 Å². The fourth-order valence-corrected chi connectivity index (χ4v) is 2.96. The number of hydrogen-bond donors (Lipinski definition) is 1. The van der Waals surface area contributed by atoms with Crippen LogP contribution in [0.3, 0.4) is 0 Å². The number of anilines is 1. The molecule has 22 heavy (non-hydrogen) atoms. The van der Waals surface area contributed by atoms with Gasteiger partial charge in [0.1, 0.15) is 5.70 Å². The van der Waals surface area contributed by atoms with E-state index in [0.29, 0.717) is 21.5 Å². The van der Waals surface area contributed by atoms with E-state index >= 15 is 0 Å². The number of thiocarbonyl (C=S) groups is 1. The Kier molecular flexibility index (Phi) is 4.29. The Bertz CT molecular complexity index is 789. The van der Waals surface area contributed by atoms with Crippen molar-refractivity contribution in [1.29, 1.82) is 0 Å². The van der Waals surface area contributed by atoms with Gasteiger partial charge < -0.3 is 5.32 Å². The highest BCUT2D eigenvalue weighted by Gasteiger charge is 2.31. The second kappa shape index (κ2) is 6.20. The van der Waals surface area contributed by atoms with Gasteiger partial charge in [-0.1, -0.05) is 39.7 Å². The molecule has 1 fully saturated rings. The van der Waals surface area contributed by atoms with Crippen molar-refractivity contribution in [3.63, 3.8) is 0 Å². The van der Waals surface area contributed by atoms with Crippen LogP contribution in [0.25, 0.3) is 6.08 Å². The Hall–Kier alpha value is -1.69. The molecule has 0 spiro atoms. The monoisotopic (exact) mass is 392 g/mol. The molecule has 0 atom stereocenters. The minimum absolute atomic E-state index is 0.188. The Morgan fingerprint density at radius 2 is 1.91 bits per heavy atom. The van der Waals surface area contributed by atoms with Crippen LogP contribution in [0.1, 0.15) is 5.56 Å². The molecule has 1 heterocycles. The maximum atomic E-state index is 12.6. The molecule has 1 amide bonds. The highest BCUT2D eigenvalue weighted by Crippen LogP contribution is 2.24. The van der Waals surface area contributed by atoms with Gasteiger partial charge in [-0.05, 0) is 60.3 Å². The van der Waals surface area contributed by atoms with Crippen molar-refractivity contribution in [3.05, 3.63) is 69.3 Å². The predicted octanol–water partition coefficient (Wildman–Crippen LogP) is 4.36. The minimum atomic E-state index is -0.188. The normalized spacial score (nSPS) is 16.3. The van der Waals surface area contributed by atoms with Crippen molar-refractivity contribution >= 4 is 62.5 Å². The quantitative estimate of drug-likeness (QED) is 0.607. The third kappa shape index (κ3) is 3.06. The zero-order valence-electron chi connectivity index (χ0n) is 11.2. The van der Waals surface area contributed by atoms with Gasteiger partial charge in [0.25, 0.3) is 5.91 Å². The third-order valence-electron chi connectivity index (χ3n) is 3.12. The summed E-state index contributed by atoms with van der Waals surface area (Å²) in [6.45, 7) is 0. The zero-order valence-corrected chi connectivity index (χ0v) is 14.4. The van der Waals surface area contributed by atoms with Crippen LogP contribution >= 0.6 is 39.7 Å². The maximum Gasteiger partial charge on any atom is 0.281 e. The molecule has 2 aromatic carbocycles. The van der Waals surface area contributed by atoms with Crippen molar-refractivity contribution in [2.45, 2.75) is 0 Å². The lowest BCUT2D eigenvalue weighted by molar-refractivity contribution is -0.113. The summed E-state index contributed by atoms with van der Waals surface area (Å²) in [5.74, 6) is -0.188. The van der Waals surface area contributed by atoms with Gasteiger partial charge in [0, 0.05) is 9.50 Å². The second-order valence-corrected chi connectivity index (χ2v) is 6.40. The van der Waals surface area contributed by atoms with Gasteiger partial charge in [-0.3, -0.25) is 9.69 Å². The summed E-state index contributed by atoms with van der Waals surface area (Å²) in [7, 11) is 0. The highest BCUT2D eigenvalue weighted by molar-refractivity contribution is 9.10. The topological polar surface area (TPSA) is 32.3 Å². The molecule has 1 saturated heterocycles. The molecular weight excluding hydrogens is 384 g/mol. The first-order valence-corrected chi connectivity index (χ1v) is 8.01. The van der Waals surface area contributed by atoms with E-state index < -0.39 is 0 Å². The average molecular weight is 394 g/mol. The zero-order chi connectivity index (χ0) is 15.7. The molecule has 2 aromatic rings. The lowest BCUT2D eigenvalue weighted by atomic mass is 10.2. The van der Waals surface area contributed by atoms with Gasteiger partial charge in [0.15, 0.2) is 5.11 Å². The molecule has 3 nitrogen and oxygen atoms in total. The molecule has 0 aliphatic carbocycles. The van der Waals surface area contributed by atoms with Crippen molar-refractivity contribution in [2.24, 2.45) is 0 Å². The van der Waals surface area contributed by atoms with E-state index in [9.17, 15) is 4.79 Å². The van der Waals surface area contributed by atoms with Crippen molar-refractivity contribution in [3.8, 4) is 0 Å². The Labute approximate surface area is 146 Å². The van der Waals surface area contributed by atoms with Gasteiger partial charge in [-0.2, -0.15) is 0 Å². The molecule has 0 saturated carbocycles. The van der Waals surface area contributed by atoms with Crippen LogP contribution in [0.15, 0.2) is 58.7 Å². The summed E-state index contributed by atoms with van der Waals surface area (Å²) in [6, 6.07) is 14.6. The van der Waals surface area contributed by atoms with E-state index in [1.165, 1.54) is 4.90 Å². The Morgan fingerprint density at radius 1 is 1.18 bits per heavy atom. The smallest absolute Gasteiger partial charge is 0.281 e. The van der Waals surface area contributed by atoms with Crippen LogP contribution in [0.2, 0.25) is 5.02 Å². The van der Waals surface area contributed by atoms with E-state index in [1.807, 2.05) is 24.3 Å². The van der Waals surface area contributed by atoms with Crippen LogP contribution in [-0.2, 0) is 4.79 Å². The predicted molar refractivity (Wildman–Crippen MR) is 96.8 cm³/mol. The molecule has 0 aromatic heterocycles. The summed E-state index contributed by atoms with van der Waals surface area (Å²) in [4.78, 5) is 14.0. The van der Waals surface area contributed by atoms with Gasteiger partial charge in [-0.15, -0.1) is 0 Å². The maximum absolute atomic E-state index is 12.6. The molecule has 6 heteroatoms. The van der Waals surface area contributed by atoms with E-state index in [1.54, 1.807) is 30.3 Å². The van der Waals surface area contributed by atoms with Gasteiger partial charge in [0.05, 0.1) is 5.69 Å². The number of amides is 1. The molecule has 3 rings (SSSR count). The summed E-state index contributed by atoms with van der Waals surface area (Å²) in [5, 5.41) is 3.92. The summed E-state index contributed by atoms with van der Waals surface area (Å²) >= 11 is 14.5. The first-order chi connectivity index (χ1) is 10.5. The van der Waals surface area contributed by atoms with Crippen molar-refractivity contribution < 1.29 is 4.79 Å². The van der Waals surface area contributed by atoms with E-state index in [-0.39, 0.29) is 5.91 Å². The number of rotatable bonds is 2. The van der Waals surface area contributed by atoms with Crippen molar-refractivity contribution in [2.75, 3.05) is 4.90 Å². The summed E-state index contributed by atoms with van der Waals surface area (Å²) in [5.41, 5.74) is 2.04. The summed E-state index contributed by atoms with van der Waals surface area (Å²) in [6.07, 6.45) is 1.77. The summed E-state index contributed by atoms with van der Waals surface area (Å²) < 4.78 is 0.949. The number of nitrogens with zero attached hydrogens (tertiary/aromatic N) is 1. The lowest BCUT2D eigenvalue weighted by Crippen LogP contribution is -2.30. The molecule has 110 valence electrons. The van der Waals surface area contributed by atoms with Crippen molar-refractivity contribution in [1.82, 2.24) is 5.32 Å². The number of halogens is 2. The Morgan fingerprint density at radius 3 is 2.59 bits per heavy atom. The molecule has 1 aliphatic heterocycles. The molecule has 1 aliphatic rings. The average Bonchev–Trinajstić information content (AvgIpc) is 2.75. The van der Waals surface area contributed by atoms with Crippen LogP contribution in [0.4, 0.5) is 5.69 Å². The second-order valence-electron chi connectivity index (χ2n) is 4.66. The molecule has 0 bridgehead atoms. The van der Waals surface area contributed by atoms with Gasteiger partial charge in [-0.25, -0.2) is 0 Å². The van der Waals surface area contributed by atoms with E-state index in [4.69, 9.17) is 23.8 Å². The molecule has 0 unspecified atom stereocenters. The first kappa shape index (κ1) is 15.2. The lowest BCUT2D eigenvalue weighted by Gasteiger charge is -2.13. The van der Waals surface area contributed by atoms with Gasteiger partial charge in [0.2, 0.25) is 0 Å². The van der Waals surface area contributed by atoms with E-state index in [2.05, 4.69) is 21.2 Å². The fourth-order valence-electron chi connectivity index (χ4n) is 2.12. The fraction of sp³-hybridized carbons (Fsp3) is 0. The standard InChI is InChI=1S/C16H10BrClN2OS/c17-11-3-1-2-10(8-11)9-14-15(21)20(16(22)19-14)13-6-4-12(18)5-7-13/h1-9H,(H,19,22)/b14-9+. The Balaban J connectivity index is 1.93. The molecule has 0 radical (unpaired) electrons. The number of carbonyl (C=O) groups is 1. The van der Waals surface area contributed by atoms with Crippen LogP contribution < -0.4 is 10.2 Å². The molecule has 1 N–H and O–H groups in total. The first-order valence-electron chi connectivity index (χ1n) is 6.43. The minimum Gasteiger partial charge on any atom is -0.327 e. The highest BCUT2D eigenvalue weighted by atomic mass is 79.9. The number of carbonyl (C=O) groups excluding carboxylic acids is 1. The van der Waals surface area contributed by atoms with E-state index in [0.717, 1.165) is 10.0 Å². The third-order valence-corrected chi connectivity index (χ3v) is 4.15. The SMILES string of the molecule is O=C1/C(=C\c2cccc(Br)c2)NC(=S)N1c1ccc(Cl)cc1. The van der Waals surface area contributed by atoms with Crippen LogP contribution in [0, 0.1) is 0 Å². The molecular formula is C16H10BrClN2OS. The number of benzene rings is 2. The number of nitrogens with one attached hydrogen (secondary N) is 1. The number of hydrogen-bond acceptors (Lipinski definition) is 2.